The summed E-state index contributed by atoms with van der Waals surface area (Å²) in [6.07, 6.45) is 3.15. The van der Waals surface area contributed by atoms with Crippen molar-refractivity contribution in [1.29, 1.82) is 0 Å². The van der Waals surface area contributed by atoms with Crippen LogP contribution in [0.15, 0.2) is 27.3 Å². The molecule has 2 atom stereocenters. The molecule has 4 rings (SSSR count). The van der Waals surface area contributed by atoms with Gasteiger partial charge in [-0.1, -0.05) is 5.16 Å². The Balaban J connectivity index is 1.39. The van der Waals surface area contributed by atoms with Crippen molar-refractivity contribution < 1.29 is 4.52 Å². The van der Waals surface area contributed by atoms with Gasteiger partial charge in [0.2, 0.25) is 0 Å². The topological polar surface area (TPSA) is 45.4 Å². The van der Waals surface area contributed by atoms with Crippen LogP contribution in [0.1, 0.15) is 29.1 Å². The van der Waals surface area contributed by atoms with E-state index in [9.17, 15) is 0 Å². The first-order valence-electron chi connectivity index (χ1n) is 8.10. The molecule has 122 valence electrons. The fraction of sp³-hybridized carbons (Fsp3) is 0.529. The Morgan fingerprint density at radius 2 is 1.91 bits per heavy atom. The second-order valence-corrected chi connectivity index (χ2v) is 7.59. The molecule has 0 spiro atoms. The summed E-state index contributed by atoms with van der Waals surface area (Å²) in [5, 5.41) is 4.07. The van der Waals surface area contributed by atoms with Crippen LogP contribution >= 0.6 is 15.9 Å². The van der Waals surface area contributed by atoms with Crippen LogP contribution in [0.4, 0.5) is 0 Å². The molecule has 2 unspecified atom stereocenters. The van der Waals surface area contributed by atoms with Crippen molar-refractivity contribution in [2.75, 3.05) is 13.1 Å². The van der Waals surface area contributed by atoms with Crippen LogP contribution in [-0.4, -0.2) is 45.1 Å². The van der Waals surface area contributed by atoms with Gasteiger partial charge >= 0.3 is 0 Å². The lowest BCUT2D eigenvalue weighted by Crippen LogP contribution is -2.45. The van der Waals surface area contributed by atoms with Crippen LogP contribution in [-0.2, 0) is 13.1 Å². The maximum absolute atomic E-state index is 5.30. The summed E-state index contributed by atoms with van der Waals surface area (Å²) in [6, 6.07) is 5.47. The molecule has 2 aliphatic heterocycles. The van der Waals surface area contributed by atoms with Crippen molar-refractivity contribution in [2.24, 2.45) is 0 Å². The number of hydrogen-bond acceptors (Lipinski definition) is 5. The third kappa shape index (κ3) is 2.95. The smallest absolute Gasteiger partial charge is 0.138 e. The highest BCUT2D eigenvalue weighted by molar-refractivity contribution is 9.10. The minimum Gasteiger partial charge on any atom is -0.361 e. The Morgan fingerprint density at radius 1 is 1.17 bits per heavy atom. The van der Waals surface area contributed by atoms with Crippen molar-refractivity contribution in [3.05, 3.63) is 45.5 Å². The van der Waals surface area contributed by atoms with E-state index in [2.05, 4.69) is 48.0 Å². The van der Waals surface area contributed by atoms with E-state index in [1.54, 1.807) is 0 Å². The van der Waals surface area contributed by atoms with E-state index in [1.807, 2.05) is 20.0 Å². The number of piperazine rings is 1. The molecular weight excluding hydrogens is 356 g/mol. The summed E-state index contributed by atoms with van der Waals surface area (Å²) in [4.78, 5) is 9.67. The van der Waals surface area contributed by atoms with Gasteiger partial charge in [-0.15, -0.1) is 0 Å². The number of aryl methyl sites for hydroxylation is 2. The molecular formula is C17H21BrN4O. The molecule has 0 amide bonds. The number of aromatic nitrogens is 2. The normalized spacial score (nSPS) is 24.7. The Bertz CT molecular complexity index is 680. The summed E-state index contributed by atoms with van der Waals surface area (Å²) in [7, 11) is 0. The summed E-state index contributed by atoms with van der Waals surface area (Å²) in [5.41, 5.74) is 3.44. The van der Waals surface area contributed by atoms with Crippen LogP contribution < -0.4 is 0 Å². The minimum atomic E-state index is 0.643. The van der Waals surface area contributed by atoms with Crippen molar-refractivity contribution in [1.82, 2.24) is 19.9 Å². The van der Waals surface area contributed by atoms with E-state index in [0.29, 0.717) is 12.1 Å². The number of likely N-dealkylation sites (tertiary alicyclic amines) is 2. The monoisotopic (exact) mass is 376 g/mol. The Morgan fingerprint density at radius 3 is 2.48 bits per heavy atom. The van der Waals surface area contributed by atoms with Gasteiger partial charge in [-0.25, -0.2) is 0 Å². The Labute approximate surface area is 144 Å². The second kappa shape index (κ2) is 6.00. The number of rotatable bonds is 4. The fourth-order valence-corrected chi connectivity index (χ4v) is 4.09. The average Bonchev–Trinajstić information content (AvgIpc) is 3.20. The first kappa shape index (κ1) is 15.3. The maximum Gasteiger partial charge on any atom is 0.138 e. The van der Waals surface area contributed by atoms with E-state index in [-0.39, 0.29) is 0 Å². The molecule has 4 heterocycles. The number of fused-ring (bicyclic) bond motifs is 2. The molecule has 2 aliphatic rings. The van der Waals surface area contributed by atoms with Crippen LogP contribution in [0.25, 0.3) is 0 Å². The van der Waals surface area contributed by atoms with Crippen LogP contribution in [0.5, 0.6) is 0 Å². The highest BCUT2D eigenvalue weighted by atomic mass is 79.9. The van der Waals surface area contributed by atoms with Gasteiger partial charge in [-0.05, 0) is 48.3 Å². The number of halogens is 1. The van der Waals surface area contributed by atoms with Gasteiger partial charge in [0.1, 0.15) is 5.76 Å². The second-order valence-electron chi connectivity index (χ2n) is 6.67. The highest BCUT2D eigenvalue weighted by Gasteiger charge is 2.43. The van der Waals surface area contributed by atoms with E-state index in [1.165, 1.54) is 12.0 Å². The molecule has 2 saturated heterocycles. The lowest BCUT2D eigenvalue weighted by Gasteiger charge is -2.34. The zero-order chi connectivity index (χ0) is 16.0. The minimum absolute atomic E-state index is 0.643. The Hall–Kier alpha value is -1.24. The van der Waals surface area contributed by atoms with Gasteiger partial charge in [0.05, 0.1) is 11.4 Å². The predicted molar refractivity (Wildman–Crippen MR) is 90.9 cm³/mol. The first-order valence-corrected chi connectivity index (χ1v) is 8.89. The van der Waals surface area contributed by atoms with Crippen molar-refractivity contribution in [3.63, 3.8) is 0 Å². The molecule has 5 nitrogen and oxygen atoms in total. The van der Waals surface area contributed by atoms with Gasteiger partial charge in [-0.2, -0.15) is 0 Å². The first-order chi connectivity index (χ1) is 11.1. The SMILES string of the molecule is Cc1noc(C)c1CN1CC2CC1CN2Cc1ccc(Br)cn1. The van der Waals surface area contributed by atoms with Gasteiger partial charge in [0.15, 0.2) is 0 Å². The lowest BCUT2D eigenvalue weighted by molar-refractivity contribution is 0.116. The summed E-state index contributed by atoms with van der Waals surface area (Å²) >= 11 is 3.44. The van der Waals surface area contributed by atoms with Crippen LogP contribution in [0, 0.1) is 13.8 Å². The van der Waals surface area contributed by atoms with Crippen molar-refractivity contribution >= 4 is 15.9 Å². The summed E-state index contributed by atoms with van der Waals surface area (Å²) in [6.45, 7) is 8.22. The number of nitrogens with zero attached hydrogens (tertiary/aromatic N) is 4. The van der Waals surface area contributed by atoms with Crippen LogP contribution in [0.3, 0.4) is 0 Å². The number of pyridine rings is 1. The van der Waals surface area contributed by atoms with E-state index in [0.717, 1.165) is 47.8 Å². The van der Waals surface area contributed by atoms with Gasteiger partial charge in [0, 0.05) is 54.5 Å². The van der Waals surface area contributed by atoms with E-state index in [4.69, 9.17) is 4.52 Å². The molecule has 0 aliphatic carbocycles. The van der Waals surface area contributed by atoms with Gasteiger partial charge < -0.3 is 4.52 Å². The molecule has 0 N–H and O–H groups in total. The quantitative estimate of drug-likeness (QED) is 0.820. The lowest BCUT2D eigenvalue weighted by atomic mass is 10.1. The van der Waals surface area contributed by atoms with E-state index >= 15 is 0 Å². The molecule has 23 heavy (non-hydrogen) atoms. The van der Waals surface area contributed by atoms with E-state index < -0.39 is 0 Å². The van der Waals surface area contributed by atoms with Crippen molar-refractivity contribution in [3.8, 4) is 0 Å². The highest BCUT2D eigenvalue weighted by Crippen LogP contribution is 2.33. The Kier molecular flexibility index (Phi) is 3.99. The number of hydrogen-bond donors (Lipinski definition) is 0. The average molecular weight is 377 g/mol. The third-order valence-corrected chi connectivity index (χ3v) is 5.63. The maximum atomic E-state index is 5.30. The molecule has 6 heteroatoms. The van der Waals surface area contributed by atoms with Crippen molar-refractivity contribution in [2.45, 2.75) is 45.4 Å². The molecule has 2 bridgehead atoms. The third-order valence-electron chi connectivity index (χ3n) is 5.16. The van der Waals surface area contributed by atoms with Crippen LogP contribution in [0.2, 0.25) is 0 Å². The molecule has 2 aromatic rings. The molecule has 2 aromatic heterocycles. The molecule has 0 aromatic carbocycles. The van der Waals surface area contributed by atoms with Gasteiger partial charge in [-0.3, -0.25) is 14.8 Å². The fourth-order valence-electron chi connectivity index (χ4n) is 3.86. The predicted octanol–water partition coefficient (Wildman–Crippen LogP) is 2.91. The molecule has 0 saturated carbocycles. The summed E-state index contributed by atoms with van der Waals surface area (Å²) in [5.74, 6) is 0.959. The zero-order valence-corrected chi connectivity index (χ0v) is 15.1. The van der Waals surface area contributed by atoms with Gasteiger partial charge in [0.25, 0.3) is 0 Å². The standard InChI is InChI=1S/C17H21BrN4O/c1-11-17(12(2)23-20-11)10-22-9-15-5-16(22)8-21(15)7-14-4-3-13(18)6-19-14/h3-4,6,15-16H,5,7-10H2,1-2H3. The summed E-state index contributed by atoms with van der Waals surface area (Å²) < 4.78 is 6.33. The molecule has 2 fully saturated rings. The zero-order valence-electron chi connectivity index (χ0n) is 13.5. The largest absolute Gasteiger partial charge is 0.361 e. The molecule has 0 radical (unpaired) electrons.